The molecule has 2 aromatic rings. The minimum atomic E-state index is 0.00719. The average Bonchev–Trinajstić information content (AvgIpc) is 3.07. The first-order chi connectivity index (χ1) is 11.1. The predicted molar refractivity (Wildman–Crippen MR) is 87.6 cm³/mol. The fourth-order valence-electron chi connectivity index (χ4n) is 2.32. The number of hydrogen-bond donors (Lipinski definition) is 1. The largest absolute Gasteiger partial charge is 0.468 e. The van der Waals surface area contributed by atoms with E-state index in [2.05, 4.69) is 11.4 Å². The van der Waals surface area contributed by atoms with Crippen molar-refractivity contribution < 1.29 is 9.21 Å². The fourth-order valence-corrected chi connectivity index (χ4v) is 2.32. The van der Waals surface area contributed by atoms with Gasteiger partial charge in [0.15, 0.2) is 0 Å². The van der Waals surface area contributed by atoms with Gasteiger partial charge in [0.2, 0.25) is 5.91 Å². The molecule has 120 valence electrons. The van der Waals surface area contributed by atoms with E-state index >= 15 is 0 Å². The van der Waals surface area contributed by atoms with Crippen molar-refractivity contribution in [1.29, 1.82) is 5.26 Å². The Balaban J connectivity index is 1.81. The summed E-state index contributed by atoms with van der Waals surface area (Å²) < 4.78 is 5.42. The van der Waals surface area contributed by atoms with Crippen molar-refractivity contribution in [3.63, 3.8) is 0 Å². The van der Waals surface area contributed by atoms with E-state index in [1.807, 2.05) is 43.3 Å². The number of aryl methyl sites for hydroxylation is 1. The molecule has 0 spiro atoms. The summed E-state index contributed by atoms with van der Waals surface area (Å²) in [7, 11) is 3.91. The van der Waals surface area contributed by atoms with E-state index in [0.29, 0.717) is 24.9 Å². The van der Waals surface area contributed by atoms with Crippen LogP contribution in [-0.2, 0) is 11.2 Å². The smallest absolute Gasteiger partial charge is 0.220 e. The zero-order valence-corrected chi connectivity index (χ0v) is 13.5. The van der Waals surface area contributed by atoms with Crippen molar-refractivity contribution in [2.24, 2.45) is 0 Å². The fraction of sp³-hybridized carbons (Fsp3) is 0.333. The molecule has 0 radical (unpaired) electrons. The summed E-state index contributed by atoms with van der Waals surface area (Å²) in [6.07, 6.45) is 2.72. The van der Waals surface area contributed by atoms with Crippen molar-refractivity contribution in [2.45, 2.75) is 18.9 Å². The molecule has 1 unspecified atom stereocenters. The number of carbonyl (C=O) groups is 1. The van der Waals surface area contributed by atoms with Crippen molar-refractivity contribution in [3.8, 4) is 6.07 Å². The van der Waals surface area contributed by atoms with Gasteiger partial charge in [0.1, 0.15) is 5.76 Å². The van der Waals surface area contributed by atoms with E-state index in [1.165, 1.54) is 0 Å². The number of likely N-dealkylation sites (N-methyl/N-ethyl adjacent to an activating group) is 1. The van der Waals surface area contributed by atoms with Gasteiger partial charge in [-0.2, -0.15) is 5.26 Å². The van der Waals surface area contributed by atoms with Crippen LogP contribution in [0.3, 0.4) is 0 Å². The Morgan fingerprint density at radius 2 is 2.04 bits per heavy atom. The minimum Gasteiger partial charge on any atom is -0.468 e. The second-order valence-electron chi connectivity index (χ2n) is 5.61. The summed E-state index contributed by atoms with van der Waals surface area (Å²) in [5, 5.41) is 11.7. The molecule has 0 saturated heterocycles. The van der Waals surface area contributed by atoms with Gasteiger partial charge < -0.3 is 9.73 Å². The molecule has 0 aliphatic rings. The number of nitrogens with zero attached hydrogens (tertiary/aromatic N) is 2. The monoisotopic (exact) mass is 311 g/mol. The predicted octanol–water partition coefficient (Wildman–Crippen LogP) is 2.50. The molecule has 5 nitrogen and oxygen atoms in total. The number of furan rings is 1. The third kappa shape index (κ3) is 4.97. The quantitative estimate of drug-likeness (QED) is 0.853. The first-order valence-corrected chi connectivity index (χ1v) is 7.55. The zero-order chi connectivity index (χ0) is 16.7. The first kappa shape index (κ1) is 16.8. The second-order valence-corrected chi connectivity index (χ2v) is 5.61. The van der Waals surface area contributed by atoms with E-state index in [-0.39, 0.29) is 11.9 Å². The van der Waals surface area contributed by atoms with E-state index in [0.717, 1.165) is 11.3 Å². The van der Waals surface area contributed by atoms with Crippen LogP contribution in [0, 0.1) is 11.3 Å². The number of carbonyl (C=O) groups excluding carboxylic acids is 1. The molecule has 1 aromatic heterocycles. The van der Waals surface area contributed by atoms with Crippen molar-refractivity contribution in [1.82, 2.24) is 10.2 Å². The Morgan fingerprint density at radius 3 is 2.61 bits per heavy atom. The van der Waals surface area contributed by atoms with Gasteiger partial charge in [0.25, 0.3) is 0 Å². The Kier molecular flexibility index (Phi) is 5.95. The van der Waals surface area contributed by atoms with Gasteiger partial charge >= 0.3 is 0 Å². The van der Waals surface area contributed by atoms with Crippen LogP contribution in [0.4, 0.5) is 0 Å². The van der Waals surface area contributed by atoms with Gasteiger partial charge in [-0.1, -0.05) is 12.1 Å². The summed E-state index contributed by atoms with van der Waals surface area (Å²) in [4.78, 5) is 14.0. The van der Waals surface area contributed by atoms with Crippen LogP contribution in [-0.4, -0.2) is 31.4 Å². The Bertz CT molecular complexity index is 655. The number of benzene rings is 1. The van der Waals surface area contributed by atoms with E-state index in [9.17, 15) is 4.79 Å². The van der Waals surface area contributed by atoms with Crippen LogP contribution >= 0.6 is 0 Å². The van der Waals surface area contributed by atoms with E-state index in [1.54, 1.807) is 18.4 Å². The van der Waals surface area contributed by atoms with Gasteiger partial charge in [0.05, 0.1) is 23.9 Å². The van der Waals surface area contributed by atoms with Crippen LogP contribution in [0.5, 0.6) is 0 Å². The number of nitriles is 1. The maximum absolute atomic E-state index is 12.0. The van der Waals surface area contributed by atoms with Gasteiger partial charge in [0, 0.05) is 13.0 Å². The van der Waals surface area contributed by atoms with Gasteiger partial charge in [-0.15, -0.1) is 0 Å². The molecule has 1 atom stereocenters. The first-order valence-electron chi connectivity index (χ1n) is 7.55. The van der Waals surface area contributed by atoms with Gasteiger partial charge in [-0.05, 0) is 50.3 Å². The molecule has 0 fully saturated rings. The third-order valence-electron chi connectivity index (χ3n) is 3.71. The van der Waals surface area contributed by atoms with Crippen molar-refractivity contribution in [2.75, 3.05) is 20.6 Å². The molecule has 5 heteroatoms. The maximum atomic E-state index is 12.0. The SMILES string of the molecule is CN(C)C(CNC(=O)CCc1ccc(C#N)cc1)c1ccco1. The molecular formula is C18H21N3O2. The average molecular weight is 311 g/mol. The lowest BCUT2D eigenvalue weighted by Gasteiger charge is -2.22. The molecule has 1 amide bonds. The Morgan fingerprint density at radius 1 is 1.30 bits per heavy atom. The van der Waals surface area contributed by atoms with Crippen molar-refractivity contribution in [3.05, 3.63) is 59.5 Å². The summed E-state index contributed by atoms with van der Waals surface area (Å²) in [5.74, 6) is 0.843. The van der Waals surface area contributed by atoms with Crippen LogP contribution in [0.25, 0.3) is 0 Å². The Labute approximate surface area is 136 Å². The van der Waals surface area contributed by atoms with E-state index < -0.39 is 0 Å². The number of hydrogen-bond acceptors (Lipinski definition) is 4. The minimum absolute atomic E-state index is 0.00719. The van der Waals surface area contributed by atoms with Gasteiger partial charge in [-0.3, -0.25) is 9.69 Å². The molecule has 23 heavy (non-hydrogen) atoms. The van der Waals surface area contributed by atoms with E-state index in [4.69, 9.17) is 9.68 Å². The summed E-state index contributed by atoms with van der Waals surface area (Å²) in [6, 6.07) is 13.2. The normalized spacial score (nSPS) is 11.9. The number of nitrogens with one attached hydrogen (secondary N) is 1. The standard InChI is InChI=1S/C18H21N3O2/c1-21(2)16(17-4-3-11-23-17)13-20-18(22)10-9-14-5-7-15(12-19)8-6-14/h3-8,11,16H,9-10,13H2,1-2H3,(H,20,22). The lowest BCUT2D eigenvalue weighted by molar-refractivity contribution is -0.121. The second kappa shape index (κ2) is 8.16. The topological polar surface area (TPSA) is 69.3 Å². The highest BCUT2D eigenvalue weighted by Crippen LogP contribution is 2.17. The highest BCUT2D eigenvalue weighted by Gasteiger charge is 2.17. The highest BCUT2D eigenvalue weighted by molar-refractivity contribution is 5.76. The molecule has 1 heterocycles. The number of rotatable bonds is 7. The summed E-state index contributed by atoms with van der Waals surface area (Å²) in [5.41, 5.74) is 1.68. The Hall–Kier alpha value is -2.58. The maximum Gasteiger partial charge on any atom is 0.220 e. The van der Waals surface area contributed by atoms with Gasteiger partial charge in [-0.25, -0.2) is 0 Å². The highest BCUT2D eigenvalue weighted by atomic mass is 16.3. The summed E-state index contributed by atoms with van der Waals surface area (Å²) in [6.45, 7) is 0.507. The molecule has 0 aliphatic carbocycles. The molecule has 0 saturated carbocycles. The molecule has 1 aromatic carbocycles. The van der Waals surface area contributed by atoms with Crippen LogP contribution < -0.4 is 5.32 Å². The van der Waals surface area contributed by atoms with Crippen molar-refractivity contribution >= 4 is 5.91 Å². The molecule has 2 rings (SSSR count). The molecule has 0 aliphatic heterocycles. The summed E-state index contributed by atoms with van der Waals surface area (Å²) >= 11 is 0. The number of amides is 1. The van der Waals surface area contributed by atoms with Crippen LogP contribution in [0.1, 0.15) is 29.3 Å². The third-order valence-corrected chi connectivity index (χ3v) is 3.71. The lowest BCUT2D eigenvalue weighted by atomic mass is 10.1. The lowest BCUT2D eigenvalue weighted by Crippen LogP contribution is -2.34. The molecular weight excluding hydrogens is 290 g/mol. The zero-order valence-electron chi connectivity index (χ0n) is 13.5. The molecule has 1 N–H and O–H groups in total. The van der Waals surface area contributed by atoms with Crippen LogP contribution in [0.2, 0.25) is 0 Å². The molecule has 0 bridgehead atoms. The van der Waals surface area contributed by atoms with Crippen LogP contribution in [0.15, 0.2) is 47.1 Å².